The van der Waals surface area contributed by atoms with Gasteiger partial charge in [-0.1, -0.05) is 23.8 Å². The summed E-state index contributed by atoms with van der Waals surface area (Å²) < 4.78 is 0. The SMILES string of the molecule is CC(C(=O)N(C)Cc1ccc(C)cc1C)=C1CNC1. The minimum Gasteiger partial charge on any atom is -0.338 e. The molecule has 0 aromatic heterocycles. The van der Waals surface area contributed by atoms with Gasteiger partial charge in [-0.25, -0.2) is 0 Å². The molecule has 0 bridgehead atoms. The Labute approximate surface area is 115 Å². The van der Waals surface area contributed by atoms with E-state index in [1.165, 1.54) is 22.3 Å². The van der Waals surface area contributed by atoms with E-state index in [1.807, 2.05) is 14.0 Å². The molecule has 1 amide bonds. The van der Waals surface area contributed by atoms with Crippen LogP contribution < -0.4 is 5.32 Å². The normalized spacial score (nSPS) is 14.0. The molecule has 0 saturated carbocycles. The minimum atomic E-state index is 0.136. The molecule has 19 heavy (non-hydrogen) atoms. The Kier molecular flexibility index (Phi) is 4.05. The fraction of sp³-hybridized carbons (Fsp3) is 0.438. The van der Waals surface area contributed by atoms with E-state index in [0.29, 0.717) is 6.54 Å². The number of nitrogens with zero attached hydrogens (tertiary/aromatic N) is 1. The lowest BCUT2D eigenvalue weighted by Gasteiger charge is -2.25. The first-order valence-corrected chi connectivity index (χ1v) is 6.70. The van der Waals surface area contributed by atoms with Gasteiger partial charge in [-0.15, -0.1) is 0 Å². The molecule has 1 fully saturated rings. The second kappa shape index (κ2) is 5.57. The van der Waals surface area contributed by atoms with Crippen LogP contribution in [0.3, 0.4) is 0 Å². The quantitative estimate of drug-likeness (QED) is 0.843. The third kappa shape index (κ3) is 3.04. The maximum Gasteiger partial charge on any atom is 0.249 e. The Morgan fingerprint density at radius 1 is 1.32 bits per heavy atom. The highest BCUT2D eigenvalue weighted by Gasteiger charge is 2.19. The summed E-state index contributed by atoms with van der Waals surface area (Å²) in [7, 11) is 1.87. The van der Waals surface area contributed by atoms with Gasteiger partial charge in [-0.05, 0) is 37.5 Å². The predicted octanol–water partition coefficient (Wildman–Crippen LogP) is 2.18. The lowest BCUT2D eigenvalue weighted by molar-refractivity contribution is -0.126. The molecule has 3 nitrogen and oxygen atoms in total. The van der Waals surface area contributed by atoms with Crippen LogP contribution in [0.2, 0.25) is 0 Å². The van der Waals surface area contributed by atoms with E-state index in [0.717, 1.165) is 18.7 Å². The predicted molar refractivity (Wildman–Crippen MR) is 78.0 cm³/mol. The van der Waals surface area contributed by atoms with E-state index in [4.69, 9.17) is 0 Å². The average Bonchev–Trinajstić information content (AvgIpc) is 2.29. The summed E-state index contributed by atoms with van der Waals surface area (Å²) in [6.45, 7) is 8.50. The molecule has 1 aromatic carbocycles. The number of aryl methyl sites for hydroxylation is 2. The van der Waals surface area contributed by atoms with Crippen molar-refractivity contribution < 1.29 is 4.79 Å². The zero-order chi connectivity index (χ0) is 14.0. The lowest BCUT2D eigenvalue weighted by Crippen LogP contribution is -2.38. The Hall–Kier alpha value is -1.61. The zero-order valence-corrected chi connectivity index (χ0v) is 12.2. The Morgan fingerprint density at radius 2 is 2.00 bits per heavy atom. The first-order valence-electron chi connectivity index (χ1n) is 6.70. The molecule has 0 atom stereocenters. The molecule has 0 unspecified atom stereocenters. The van der Waals surface area contributed by atoms with Crippen molar-refractivity contribution in [2.45, 2.75) is 27.3 Å². The van der Waals surface area contributed by atoms with Crippen LogP contribution in [0.15, 0.2) is 29.3 Å². The number of benzene rings is 1. The fourth-order valence-electron chi connectivity index (χ4n) is 2.30. The molecular weight excluding hydrogens is 236 g/mol. The maximum atomic E-state index is 12.3. The summed E-state index contributed by atoms with van der Waals surface area (Å²) in [4.78, 5) is 14.1. The average molecular weight is 258 g/mol. The topological polar surface area (TPSA) is 32.3 Å². The van der Waals surface area contributed by atoms with Gasteiger partial charge in [-0.3, -0.25) is 4.79 Å². The van der Waals surface area contributed by atoms with Crippen molar-refractivity contribution in [2.24, 2.45) is 0 Å². The van der Waals surface area contributed by atoms with Gasteiger partial charge in [0, 0.05) is 32.3 Å². The zero-order valence-electron chi connectivity index (χ0n) is 12.2. The number of hydrogen-bond donors (Lipinski definition) is 1. The second-order valence-corrected chi connectivity index (χ2v) is 5.42. The largest absolute Gasteiger partial charge is 0.338 e. The smallest absolute Gasteiger partial charge is 0.249 e. The van der Waals surface area contributed by atoms with Gasteiger partial charge in [0.2, 0.25) is 5.91 Å². The van der Waals surface area contributed by atoms with Crippen molar-refractivity contribution in [3.05, 3.63) is 46.0 Å². The standard InChI is InChI=1S/C16H22N2O/c1-11-5-6-14(12(2)7-11)10-18(4)16(19)13(3)15-8-17-9-15/h5-7,17H,8-10H2,1-4H3. The van der Waals surface area contributed by atoms with Crippen molar-refractivity contribution in [1.82, 2.24) is 10.2 Å². The number of hydrogen-bond acceptors (Lipinski definition) is 2. The van der Waals surface area contributed by atoms with E-state index in [-0.39, 0.29) is 5.91 Å². The Morgan fingerprint density at radius 3 is 2.53 bits per heavy atom. The summed E-state index contributed by atoms with van der Waals surface area (Å²) in [6.07, 6.45) is 0. The highest BCUT2D eigenvalue weighted by Crippen LogP contribution is 2.16. The lowest BCUT2D eigenvalue weighted by atomic mass is 10.0. The van der Waals surface area contributed by atoms with Crippen LogP contribution in [0.1, 0.15) is 23.6 Å². The van der Waals surface area contributed by atoms with Gasteiger partial charge in [0.1, 0.15) is 0 Å². The van der Waals surface area contributed by atoms with Crippen LogP contribution in [0.25, 0.3) is 0 Å². The Bertz CT molecular complexity index is 526. The van der Waals surface area contributed by atoms with E-state index >= 15 is 0 Å². The van der Waals surface area contributed by atoms with Gasteiger partial charge in [0.25, 0.3) is 0 Å². The van der Waals surface area contributed by atoms with Crippen LogP contribution in [-0.2, 0) is 11.3 Å². The molecular formula is C16H22N2O. The monoisotopic (exact) mass is 258 g/mol. The Balaban J connectivity index is 2.08. The van der Waals surface area contributed by atoms with Crippen LogP contribution in [-0.4, -0.2) is 30.9 Å². The number of nitrogens with one attached hydrogen (secondary N) is 1. The molecule has 1 aliphatic heterocycles. The van der Waals surface area contributed by atoms with Crippen molar-refractivity contribution >= 4 is 5.91 Å². The molecule has 1 heterocycles. The summed E-state index contributed by atoms with van der Waals surface area (Å²) in [5.41, 5.74) is 5.85. The van der Waals surface area contributed by atoms with Crippen molar-refractivity contribution in [3.8, 4) is 0 Å². The molecule has 0 aliphatic carbocycles. The van der Waals surface area contributed by atoms with Crippen LogP contribution in [0.5, 0.6) is 0 Å². The second-order valence-electron chi connectivity index (χ2n) is 5.42. The number of likely N-dealkylation sites (N-methyl/N-ethyl adjacent to an activating group) is 1. The third-order valence-corrected chi connectivity index (χ3v) is 3.78. The van der Waals surface area contributed by atoms with E-state index < -0.39 is 0 Å². The van der Waals surface area contributed by atoms with E-state index in [2.05, 4.69) is 37.4 Å². The van der Waals surface area contributed by atoms with Gasteiger partial charge < -0.3 is 10.2 Å². The number of carbonyl (C=O) groups excluding carboxylic acids is 1. The highest BCUT2D eigenvalue weighted by atomic mass is 16.2. The maximum absolute atomic E-state index is 12.3. The molecule has 3 heteroatoms. The fourth-order valence-corrected chi connectivity index (χ4v) is 2.30. The summed E-state index contributed by atoms with van der Waals surface area (Å²) in [5, 5.41) is 3.17. The summed E-state index contributed by atoms with van der Waals surface area (Å²) in [5.74, 6) is 0.136. The van der Waals surface area contributed by atoms with Crippen molar-refractivity contribution in [3.63, 3.8) is 0 Å². The van der Waals surface area contributed by atoms with Crippen LogP contribution >= 0.6 is 0 Å². The number of carbonyl (C=O) groups is 1. The number of rotatable bonds is 3. The van der Waals surface area contributed by atoms with Gasteiger partial charge in [0.05, 0.1) is 0 Å². The highest BCUT2D eigenvalue weighted by molar-refractivity contribution is 5.93. The van der Waals surface area contributed by atoms with Gasteiger partial charge in [-0.2, -0.15) is 0 Å². The van der Waals surface area contributed by atoms with Crippen LogP contribution in [0.4, 0.5) is 0 Å². The molecule has 1 aromatic rings. The minimum absolute atomic E-state index is 0.136. The first-order chi connectivity index (χ1) is 8.99. The summed E-state index contributed by atoms with van der Waals surface area (Å²) >= 11 is 0. The van der Waals surface area contributed by atoms with Crippen LogP contribution in [0, 0.1) is 13.8 Å². The molecule has 2 rings (SSSR count). The van der Waals surface area contributed by atoms with Crippen molar-refractivity contribution in [2.75, 3.05) is 20.1 Å². The summed E-state index contributed by atoms with van der Waals surface area (Å²) in [6, 6.07) is 6.37. The van der Waals surface area contributed by atoms with Gasteiger partial charge >= 0.3 is 0 Å². The van der Waals surface area contributed by atoms with Crippen molar-refractivity contribution in [1.29, 1.82) is 0 Å². The molecule has 102 valence electrons. The molecule has 0 radical (unpaired) electrons. The van der Waals surface area contributed by atoms with Gasteiger partial charge in [0.15, 0.2) is 0 Å². The number of amides is 1. The van der Waals surface area contributed by atoms with E-state index in [9.17, 15) is 4.79 Å². The first kappa shape index (κ1) is 13.8. The molecule has 1 saturated heterocycles. The molecule has 0 spiro atoms. The van der Waals surface area contributed by atoms with E-state index in [1.54, 1.807) is 4.90 Å². The third-order valence-electron chi connectivity index (χ3n) is 3.78. The molecule has 1 aliphatic rings. The molecule has 1 N–H and O–H groups in total.